The summed E-state index contributed by atoms with van der Waals surface area (Å²) in [5, 5.41) is 5.25. The van der Waals surface area contributed by atoms with E-state index >= 15 is 0 Å². The van der Waals surface area contributed by atoms with Gasteiger partial charge in [0.1, 0.15) is 5.75 Å². The highest BCUT2D eigenvalue weighted by Crippen LogP contribution is 2.29. The van der Waals surface area contributed by atoms with E-state index in [1.54, 1.807) is 32.0 Å². The first-order valence-corrected chi connectivity index (χ1v) is 9.52. The summed E-state index contributed by atoms with van der Waals surface area (Å²) in [7, 11) is 1.66. The van der Waals surface area contributed by atoms with E-state index in [1.165, 1.54) is 0 Å². The Kier molecular flexibility index (Phi) is 5.56. The van der Waals surface area contributed by atoms with Gasteiger partial charge in [-0.1, -0.05) is 30.3 Å². The van der Waals surface area contributed by atoms with Crippen molar-refractivity contribution in [3.8, 4) is 16.9 Å². The van der Waals surface area contributed by atoms with Crippen LogP contribution in [0.1, 0.15) is 17.5 Å². The molecule has 0 bridgehead atoms. The molecule has 2 heterocycles. The zero-order valence-corrected chi connectivity index (χ0v) is 16.2. The largest absolute Gasteiger partial charge is 0.496 e. The third-order valence-electron chi connectivity index (χ3n) is 4.96. The Labute approximate surface area is 169 Å². The maximum atomic E-state index is 12.5. The first kappa shape index (κ1) is 18.7. The highest BCUT2D eigenvalue weighted by atomic mass is 16.5. The van der Waals surface area contributed by atoms with Gasteiger partial charge >= 0.3 is 0 Å². The van der Waals surface area contributed by atoms with E-state index in [1.807, 2.05) is 36.4 Å². The maximum absolute atomic E-state index is 12.5. The van der Waals surface area contributed by atoms with E-state index in [0.29, 0.717) is 19.4 Å². The standard InChI is InChI=1S/C24H22N2O3/c1-28-23-8-6-18-4-2-3-5-21(18)22(23)7-9-24(27)26-14-17-12-20(15-25-13-17)19-10-11-29-16-19/h2-6,8,10-13,15-16H,7,9,14H2,1H3,(H,26,27). The minimum Gasteiger partial charge on any atom is -0.496 e. The highest BCUT2D eigenvalue weighted by Gasteiger charge is 2.11. The van der Waals surface area contributed by atoms with E-state index in [0.717, 1.165) is 38.8 Å². The molecule has 5 heteroatoms. The van der Waals surface area contributed by atoms with Gasteiger partial charge in [0, 0.05) is 42.0 Å². The molecule has 0 atom stereocenters. The van der Waals surface area contributed by atoms with E-state index in [4.69, 9.17) is 9.15 Å². The fraction of sp³-hybridized carbons (Fsp3) is 0.167. The Bertz CT molecular complexity index is 1120. The van der Waals surface area contributed by atoms with Crippen LogP contribution in [-0.4, -0.2) is 18.0 Å². The zero-order valence-electron chi connectivity index (χ0n) is 16.2. The van der Waals surface area contributed by atoms with E-state index in [9.17, 15) is 4.79 Å². The lowest BCUT2D eigenvalue weighted by molar-refractivity contribution is -0.121. The summed E-state index contributed by atoms with van der Waals surface area (Å²) in [6, 6.07) is 16.0. The number of pyridine rings is 1. The lowest BCUT2D eigenvalue weighted by Gasteiger charge is -2.12. The Morgan fingerprint density at radius 1 is 1.10 bits per heavy atom. The number of aromatic nitrogens is 1. The van der Waals surface area contributed by atoms with Gasteiger partial charge in [-0.15, -0.1) is 0 Å². The van der Waals surface area contributed by atoms with Gasteiger partial charge in [0.15, 0.2) is 0 Å². The van der Waals surface area contributed by atoms with E-state index in [-0.39, 0.29) is 5.91 Å². The van der Waals surface area contributed by atoms with Gasteiger partial charge < -0.3 is 14.5 Å². The van der Waals surface area contributed by atoms with Crippen LogP contribution in [0.5, 0.6) is 5.75 Å². The second-order valence-corrected chi connectivity index (χ2v) is 6.84. The van der Waals surface area contributed by atoms with Crippen LogP contribution >= 0.6 is 0 Å². The van der Waals surface area contributed by atoms with Gasteiger partial charge in [-0.3, -0.25) is 9.78 Å². The molecule has 29 heavy (non-hydrogen) atoms. The number of hydrogen-bond acceptors (Lipinski definition) is 4. The predicted molar refractivity (Wildman–Crippen MR) is 113 cm³/mol. The second-order valence-electron chi connectivity index (χ2n) is 6.84. The monoisotopic (exact) mass is 386 g/mol. The Morgan fingerprint density at radius 2 is 2.00 bits per heavy atom. The minimum atomic E-state index is -0.00583. The molecule has 0 aliphatic rings. The van der Waals surface area contributed by atoms with Gasteiger partial charge in [0.05, 0.1) is 19.6 Å². The zero-order chi connectivity index (χ0) is 20.1. The average molecular weight is 386 g/mol. The van der Waals surface area contributed by atoms with Crippen molar-refractivity contribution in [3.63, 3.8) is 0 Å². The smallest absolute Gasteiger partial charge is 0.220 e. The number of fused-ring (bicyclic) bond motifs is 1. The lowest BCUT2D eigenvalue weighted by atomic mass is 9.99. The molecule has 0 aliphatic carbocycles. The third kappa shape index (κ3) is 4.29. The number of hydrogen-bond donors (Lipinski definition) is 1. The van der Waals surface area contributed by atoms with Crippen LogP contribution in [0, 0.1) is 0 Å². The second kappa shape index (κ2) is 8.61. The fourth-order valence-corrected chi connectivity index (χ4v) is 3.46. The molecule has 1 N–H and O–H groups in total. The molecule has 0 spiro atoms. The molecular formula is C24H22N2O3. The van der Waals surface area contributed by atoms with Crippen molar-refractivity contribution in [2.24, 2.45) is 0 Å². The van der Waals surface area contributed by atoms with Gasteiger partial charge in [-0.2, -0.15) is 0 Å². The summed E-state index contributed by atoms with van der Waals surface area (Å²) in [5.74, 6) is 0.808. The summed E-state index contributed by atoms with van der Waals surface area (Å²) >= 11 is 0. The molecule has 4 rings (SSSR count). The number of rotatable bonds is 7. The van der Waals surface area contributed by atoms with Crippen LogP contribution in [0.4, 0.5) is 0 Å². The fourth-order valence-electron chi connectivity index (χ4n) is 3.46. The summed E-state index contributed by atoms with van der Waals surface area (Å²) < 4.78 is 10.6. The molecule has 0 unspecified atom stereocenters. The lowest BCUT2D eigenvalue weighted by Crippen LogP contribution is -2.23. The molecule has 1 amide bonds. The number of ether oxygens (including phenoxy) is 1. The van der Waals surface area contributed by atoms with Gasteiger partial charge in [0.2, 0.25) is 5.91 Å². The van der Waals surface area contributed by atoms with Gasteiger partial charge in [0.25, 0.3) is 0 Å². The number of amides is 1. The molecule has 0 radical (unpaired) electrons. The average Bonchev–Trinajstić information content (AvgIpc) is 3.31. The molecule has 0 aliphatic heterocycles. The molecule has 2 aromatic carbocycles. The molecule has 0 saturated carbocycles. The van der Waals surface area contributed by atoms with Crippen molar-refractivity contribution in [2.75, 3.05) is 7.11 Å². The summed E-state index contributed by atoms with van der Waals surface area (Å²) in [4.78, 5) is 16.7. The number of nitrogens with one attached hydrogen (secondary N) is 1. The first-order valence-electron chi connectivity index (χ1n) is 9.52. The minimum absolute atomic E-state index is 0.00583. The van der Waals surface area contributed by atoms with Crippen molar-refractivity contribution < 1.29 is 13.9 Å². The summed E-state index contributed by atoms with van der Waals surface area (Å²) in [6.45, 7) is 0.435. The van der Waals surface area contributed by atoms with E-state index in [2.05, 4.69) is 22.4 Å². The molecule has 146 valence electrons. The molecule has 0 saturated heterocycles. The number of nitrogens with zero attached hydrogens (tertiary/aromatic N) is 1. The van der Waals surface area contributed by atoms with Crippen LogP contribution in [0.2, 0.25) is 0 Å². The summed E-state index contributed by atoms with van der Waals surface area (Å²) in [5.41, 5.74) is 3.93. The molecule has 0 fully saturated rings. The molecule has 2 aromatic heterocycles. The van der Waals surface area contributed by atoms with E-state index < -0.39 is 0 Å². The van der Waals surface area contributed by atoms with Crippen molar-refractivity contribution in [2.45, 2.75) is 19.4 Å². The number of methoxy groups -OCH3 is 1. The van der Waals surface area contributed by atoms with Crippen LogP contribution in [0.15, 0.2) is 77.9 Å². The van der Waals surface area contributed by atoms with Crippen LogP contribution in [0.3, 0.4) is 0 Å². The van der Waals surface area contributed by atoms with Crippen molar-refractivity contribution in [3.05, 3.63) is 84.6 Å². The van der Waals surface area contributed by atoms with Gasteiger partial charge in [-0.05, 0) is 41.0 Å². The van der Waals surface area contributed by atoms with Gasteiger partial charge in [-0.25, -0.2) is 0 Å². The Balaban J connectivity index is 1.40. The SMILES string of the molecule is COc1ccc2ccccc2c1CCC(=O)NCc1cncc(-c2ccoc2)c1. The van der Waals surface area contributed by atoms with Crippen LogP contribution < -0.4 is 10.1 Å². The molecule has 4 aromatic rings. The molecular weight excluding hydrogens is 364 g/mol. The number of aryl methyl sites for hydroxylation is 1. The normalized spacial score (nSPS) is 10.8. The Hall–Kier alpha value is -3.60. The van der Waals surface area contributed by atoms with Crippen LogP contribution in [0.25, 0.3) is 21.9 Å². The predicted octanol–water partition coefficient (Wildman–Crippen LogP) is 4.75. The van der Waals surface area contributed by atoms with Crippen molar-refractivity contribution in [1.82, 2.24) is 10.3 Å². The number of furan rings is 1. The first-order chi connectivity index (χ1) is 14.2. The molecule has 5 nitrogen and oxygen atoms in total. The maximum Gasteiger partial charge on any atom is 0.220 e. The third-order valence-corrected chi connectivity index (χ3v) is 4.96. The topological polar surface area (TPSA) is 64.4 Å². The van der Waals surface area contributed by atoms with Crippen LogP contribution in [-0.2, 0) is 17.8 Å². The summed E-state index contributed by atoms with van der Waals surface area (Å²) in [6.07, 6.45) is 7.85. The number of carbonyl (C=O) groups excluding carboxylic acids is 1. The Morgan fingerprint density at radius 3 is 2.83 bits per heavy atom. The number of carbonyl (C=O) groups is 1. The quantitative estimate of drug-likeness (QED) is 0.498. The van der Waals surface area contributed by atoms with Crippen molar-refractivity contribution in [1.29, 1.82) is 0 Å². The number of benzene rings is 2. The van der Waals surface area contributed by atoms with Crippen molar-refractivity contribution >= 4 is 16.7 Å². The highest BCUT2D eigenvalue weighted by molar-refractivity contribution is 5.88.